The van der Waals surface area contributed by atoms with Gasteiger partial charge in [0.2, 0.25) is 0 Å². The fraction of sp³-hybridized carbons (Fsp3) is 0.250. The van der Waals surface area contributed by atoms with Crippen LogP contribution in [0.15, 0.2) is 23.1 Å². The van der Waals surface area contributed by atoms with Crippen molar-refractivity contribution in [2.45, 2.75) is 24.7 Å². The number of nitrogens with zero attached hydrogens (tertiary/aromatic N) is 1. The summed E-state index contributed by atoms with van der Waals surface area (Å²) in [7, 11) is -4.41. The molecule has 0 fully saturated rings. The monoisotopic (exact) mass is 319 g/mol. The molecule has 114 valence electrons. The third-order valence-corrected chi connectivity index (χ3v) is 4.12. The van der Waals surface area contributed by atoms with Gasteiger partial charge in [-0.15, -0.1) is 0 Å². The number of hydrogen-bond donors (Lipinski definition) is 2. The summed E-state index contributed by atoms with van der Waals surface area (Å²) in [6, 6.07) is 2.61. The highest BCUT2D eigenvalue weighted by Gasteiger charge is 2.24. The Balaban J connectivity index is 2.36. The molecule has 1 aromatic carbocycles. The Morgan fingerprint density at radius 3 is 2.43 bits per heavy atom. The van der Waals surface area contributed by atoms with Gasteiger partial charge in [0.1, 0.15) is 4.90 Å². The Bertz CT molecular complexity index is 772. The lowest BCUT2D eigenvalue weighted by Gasteiger charge is -2.07. The molecule has 0 atom stereocenters. The van der Waals surface area contributed by atoms with Gasteiger partial charge in [0.25, 0.3) is 10.0 Å². The van der Waals surface area contributed by atoms with Gasteiger partial charge in [0.05, 0.1) is 0 Å². The summed E-state index contributed by atoms with van der Waals surface area (Å²) in [5.74, 6) is -5.07. The van der Waals surface area contributed by atoms with Crippen LogP contribution in [0.5, 0.6) is 0 Å². The zero-order valence-electron chi connectivity index (χ0n) is 11.1. The first-order valence-corrected chi connectivity index (χ1v) is 7.42. The van der Waals surface area contributed by atoms with Crippen LogP contribution in [-0.4, -0.2) is 18.6 Å². The summed E-state index contributed by atoms with van der Waals surface area (Å²) < 4.78 is 65.4. The average molecular weight is 319 g/mol. The molecular formula is C12H12F3N3O2S. The van der Waals surface area contributed by atoms with Crippen LogP contribution in [0.2, 0.25) is 0 Å². The van der Waals surface area contributed by atoms with Gasteiger partial charge in [-0.25, -0.2) is 21.6 Å². The first-order valence-electron chi connectivity index (χ1n) is 5.94. The minimum atomic E-state index is -4.41. The maximum atomic E-state index is 13.5. The highest BCUT2D eigenvalue weighted by Crippen LogP contribution is 2.22. The zero-order valence-corrected chi connectivity index (χ0v) is 11.9. The molecule has 2 N–H and O–H groups in total. The SMILES string of the molecule is CC(C)c1cc(NS(=O)(=O)c2ccc(F)c(F)c2F)n[nH]1. The molecule has 1 heterocycles. The molecule has 0 amide bonds. The molecule has 0 aliphatic heterocycles. The summed E-state index contributed by atoms with van der Waals surface area (Å²) in [6.07, 6.45) is 0. The maximum absolute atomic E-state index is 13.5. The second-order valence-electron chi connectivity index (χ2n) is 4.64. The lowest BCUT2D eigenvalue weighted by molar-refractivity contribution is 0.432. The number of benzene rings is 1. The van der Waals surface area contributed by atoms with Crippen LogP contribution in [-0.2, 0) is 10.0 Å². The van der Waals surface area contributed by atoms with E-state index in [9.17, 15) is 21.6 Å². The van der Waals surface area contributed by atoms with E-state index in [-0.39, 0.29) is 11.7 Å². The fourth-order valence-corrected chi connectivity index (χ4v) is 2.66. The number of nitrogens with one attached hydrogen (secondary N) is 2. The Morgan fingerprint density at radius 2 is 1.86 bits per heavy atom. The lowest BCUT2D eigenvalue weighted by Crippen LogP contribution is -2.16. The van der Waals surface area contributed by atoms with Gasteiger partial charge in [0, 0.05) is 11.8 Å². The van der Waals surface area contributed by atoms with Crippen LogP contribution in [0.4, 0.5) is 19.0 Å². The number of H-pyrrole nitrogens is 1. The number of halogens is 3. The number of aromatic amines is 1. The standard InChI is InChI=1S/C12H12F3N3O2S/c1-6(2)8-5-10(17-16-8)18-21(19,20)9-4-3-7(13)11(14)12(9)15/h3-6H,1-2H3,(H2,16,17,18). The second kappa shape index (κ2) is 5.40. The van der Waals surface area contributed by atoms with Crippen LogP contribution in [0.1, 0.15) is 25.5 Å². The molecule has 1 aromatic heterocycles. The van der Waals surface area contributed by atoms with E-state index in [0.717, 1.165) is 0 Å². The number of sulfonamides is 1. The topological polar surface area (TPSA) is 74.8 Å². The van der Waals surface area contributed by atoms with Crippen molar-refractivity contribution in [1.82, 2.24) is 10.2 Å². The highest BCUT2D eigenvalue weighted by molar-refractivity contribution is 7.92. The number of aromatic nitrogens is 2. The number of hydrogen-bond acceptors (Lipinski definition) is 3. The van der Waals surface area contributed by atoms with Gasteiger partial charge in [0.15, 0.2) is 23.3 Å². The molecule has 0 radical (unpaired) electrons. The van der Waals surface area contributed by atoms with E-state index >= 15 is 0 Å². The van der Waals surface area contributed by atoms with Crippen LogP contribution < -0.4 is 4.72 Å². The van der Waals surface area contributed by atoms with Crippen LogP contribution >= 0.6 is 0 Å². The third kappa shape index (κ3) is 3.02. The van der Waals surface area contributed by atoms with E-state index in [1.54, 1.807) is 0 Å². The molecule has 9 heteroatoms. The molecule has 5 nitrogen and oxygen atoms in total. The fourth-order valence-electron chi connectivity index (χ4n) is 1.59. The molecule has 0 spiro atoms. The Kier molecular flexibility index (Phi) is 3.95. The van der Waals surface area contributed by atoms with Gasteiger partial charge < -0.3 is 0 Å². The van der Waals surface area contributed by atoms with Gasteiger partial charge in [-0.1, -0.05) is 13.8 Å². The highest BCUT2D eigenvalue weighted by atomic mass is 32.2. The van der Waals surface area contributed by atoms with E-state index in [4.69, 9.17) is 0 Å². The Labute approximate surface area is 119 Å². The molecule has 0 saturated carbocycles. The van der Waals surface area contributed by atoms with Crippen molar-refractivity contribution >= 4 is 15.8 Å². The molecule has 2 aromatic rings. The number of rotatable bonds is 4. The van der Waals surface area contributed by atoms with Crippen molar-refractivity contribution in [2.24, 2.45) is 0 Å². The van der Waals surface area contributed by atoms with Crippen molar-refractivity contribution in [1.29, 1.82) is 0 Å². The van der Waals surface area contributed by atoms with E-state index in [2.05, 4.69) is 10.2 Å². The van der Waals surface area contributed by atoms with Crippen molar-refractivity contribution in [3.05, 3.63) is 41.3 Å². The quantitative estimate of drug-likeness (QED) is 0.851. The molecule has 2 rings (SSSR count). The van der Waals surface area contributed by atoms with E-state index in [1.165, 1.54) is 6.07 Å². The molecule has 0 bridgehead atoms. The third-order valence-electron chi connectivity index (χ3n) is 2.75. The molecule has 0 saturated heterocycles. The maximum Gasteiger partial charge on any atom is 0.266 e. The molecule has 0 aliphatic rings. The largest absolute Gasteiger partial charge is 0.280 e. The predicted octanol–water partition coefficient (Wildman–Crippen LogP) is 2.75. The van der Waals surface area contributed by atoms with Crippen molar-refractivity contribution < 1.29 is 21.6 Å². The normalized spacial score (nSPS) is 11.9. The smallest absolute Gasteiger partial charge is 0.266 e. The van der Waals surface area contributed by atoms with Crippen LogP contribution in [0.3, 0.4) is 0 Å². The first-order chi connectivity index (χ1) is 9.72. The summed E-state index contributed by atoms with van der Waals surface area (Å²) in [5, 5.41) is 6.32. The van der Waals surface area contributed by atoms with E-state index < -0.39 is 32.4 Å². The van der Waals surface area contributed by atoms with Crippen LogP contribution in [0, 0.1) is 17.5 Å². The van der Waals surface area contributed by atoms with Crippen molar-refractivity contribution in [3.8, 4) is 0 Å². The molecule has 0 unspecified atom stereocenters. The molecule has 21 heavy (non-hydrogen) atoms. The summed E-state index contributed by atoms with van der Waals surface area (Å²) in [4.78, 5) is -0.990. The average Bonchev–Trinajstić information content (AvgIpc) is 2.83. The number of anilines is 1. The van der Waals surface area contributed by atoms with Gasteiger partial charge in [-0.3, -0.25) is 9.82 Å². The Morgan fingerprint density at radius 1 is 1.19 bits per heavy atom. The van der Waals surface area contributed by atoms with Crippen molar-refractivity contribution in [3.63, 3.8) is 0 Å². The van der Waals surface area contributed by atoms with E-state index in [0.29, 0.717) is 17.8 Å². The zero-order chi connectivity index (χ0) is 15.8. The van der Waals surface area contributed by atoms with Crippen LogP contribution in [0.25, 0.3) is 0 Å². The van der Waals surface area contributed by atoms with Gasteiger partial charge in [-0.2, -0.15) is 5.10 Å². The first kappa shape index (κ1) is 15.4. The van der Waals surface area contributed by atoms with Gasteiger partial charge >= 0.3 is 0 Å². The van der Waals surface area contributed by atoms with Crippen molar-refractivity contribution in [2.75, 3.05) is 4.72 Å². The minimum Gasteiger partial charge on any atom is -0.280 e. The lowest BCUT2D eigenvalue weighted by atomic mass is 10.1. The Hall–Kier alpha value is -2.03. The molecule has 0 aliphatic carbocycles. The predicted molar refractivity (Wildman–Crippen MR) is 69.8 cm³/mol. The summed E-state index contributed by atoms with van der Waals surface area (Å²) >= 11 is 0. The summed E-state index contributed by atoms with van der Waals surface area (Å²) in [5.41, 5.74) is 0.665. The second-order valence-corrected chi connectivity index (χ2v) is 6.29. The summed E-state index contributed by atoms with van der Waals surface area (Å²) in [6.45, 7) is 3.72. The minimum absolute atomic E-state index is 0.0668. The molecular weight excluding hydrogens is 307 g/mol. The van der Waals surface area contributed by atoms with Gasteiger partial charge in [-0.05, 0) is 18.1 Å². The van der Waals surface area contributed by atoms with E-state index in [1.807, 2.05) is 18.6 Å².